The summed E-state index contributed by atoms with van der Waals surface area (Å²) in [5.74, 6) is -5.74. The van der Waals surface area contributed by atoms with Crippen LogP contribution in [0.3, 0.4) is 0 Å². The standard InChI is InChI=1S/C25H21F2N3O4/c1-29-13-4-7-21(29)23(33)28-17-10-8-16(9-11-17)24(34)30-14-12-25(26,27)19(15-22(31)32)18-5-2-3-6-20(18)30/h2-11,13,15H,12,14H2,1H3,(H,28,33)(H,31,32). The van der Waals surface area contributed by atoms with Gasteiger partial charge >= 0.3 is 5.97 Å². The molecule has 2 aromatic carbocycles. The number of carboxylic acids is 1. The Hall–Kier alpha value is -4.27. The predicted octanol–water partition coefficient (Wildman–Crippen LogP) is 4.43. The number of hydrogen-bond donors (Lipinski definition) is 2. The Balaban J connectivity index is 1.62. The summed E-state index contributed by atoms with van der Waals surface area (Å²) in [5, 5.41) is 11.9. The van der Waals surface area contributed by atoms with Gasteiger partial charge in [0.1, 0.15) is 5.69 Å². The molecule has 0 saturated heterocycles. The van der Waals surface area contributed by atoms with Crippen LogP contribution in [0.2, 0.25) is 0 Å². The van der Waals surface area contributed by atoms with Gasteiger partial charge in [0.05, 0.1) is 5.69 Å². The number of aliphatic carboxylic acids is 1. The van der Waals surface area contributed by atoms with E-state index in [0.717, 1.165) is 0 Å². The van der Waals surface area contributed by atoms with Crippen molar-refractivity contribution < 1.29 is 28.3 Å². The van der Waals surface area contributed by atoms with Gasteiger partial charge in [0.15, 0.2) is 0 Å². The van der Waals surface area contributed by atoms with Crippen molar-refractivity contribution in [2.45, 2.75) is 12.3 Å². The molecule has 2 N–H and O–H groups in total. The summed E-state index contributed by atoms with van der Waals surface area (Å²) in [6.45, 7) is -0.300. The number of carboxylic acid groups (broad SMARTS) is 1. The van der Waals surface area contributed by atoms with Crippen LogP contribution in [-0.2, 0) is 11.8 Å². The summed E-state index contributed by atoms with van der Waals surface area (Å²) < 4.78 is 31.3. The summed E-state index contributed by atoms with van der Waals surface area (Å²) in [6.07, 6.45) is 1.52. The van der Waals surface area contributed by atoms with Gasteiger partial charge in [0, 0.05) is 54.7 Å². The first-order chi connectivity index (χ1) is 16.2. The average molecular weight is 465 g/mol. The summed E-state index contributed by atoms with van der Waals surface area (Å²) >= 11 is 0. The number of para-hydroxylation sites is 1. The monoisotopic (exact) mass is 465 g/mol. The van der Waals surface area contributed by atoms with Crippen molar-refractivity contribution in [1.29, 1.82) is 0 Å². The zero-order valence-corrected chi connectivity index (χ0v) is 18.2. The fraction of sp³-hybridized carbons (Fsp3) is 0.160. The normalized spacial score (nSPS) is 16.0. The molecule has 34 heavy (non-hydrogen) atoms. The largest absolute Gasteiger partial charge is 0.478 e. The van der Waals surface area contributed by atoms with E-state index in [-0.39, 0.29) is 29.3 Å². The van der Waals surface area contributed by atoms with Crippen LogP contribution in [0.4, 0.5) is 20.2 Å². The van der Waals surface area contributed by atoms with Crippen LogP contribution in [0, 0.1) is 0 Å². The number of alkyl halides is 2. The molecule has 1 aliphatic rings. The SMILES string of the molecule is Cn1cccc1C(=O)Nc1ccc(C(=O)N2CCC(F)(F)C(=CC(=O)O)c3ccccc32)cc1. The van der Waals surface area contributed by atoms with Gasteiger partial charge in [-0.05, 0) is 42.5 Å². The van der Waals surface area contributed by atoms with Crippen LogP contribution in [-0.4, -0.2) is 39.9 Å². The highest BCUT2D eigenvalue weighted by molar-refractivity contribution is 6.09. The van der Waals surface area contributed by atoms with Crippen molar-refractivity contribution in [3.8, 4) is 0 Å². The van der Waals surface area contributed by atoms with Crippen LogP contribution < -0.4 is 10.2 Å². The van der Waals surface area contributed by atoms with Crippen molar-refractivity contribution in [3.63, 3.8) is 0 Å². The molecule has 174 valence electrons. The number of fused-ring (bicyclic) bond motifs is 1. The summed E-state index contributed by atoms with van der Waals surface area (Å²) in [7, 11) is 1.75. The molecule has 7 nitrogen and oxygen atoms in total. The first kappa shape index (κ1) is 22.9. The Bertz CT molecular complexity index is 1300. The number of allylic oxidation sites excluding steroid dienone is 1. The Morgan fingerprint density at radius 3 is 2.38 bits per heavy atom. The van der Waals surface area contributed by atoms with Crippen molar-refractivity contribution in [3.05, 3.63) is 89.8 Å². The molecule has 0 radical (unpaired) electrons. The minimum absolute atomic E-state index is 0.00722. The van der Waals surface area contributed by atoms with Crippen molar-refractivity contribution in [1.82, 2.24) is 4.57 Å². The Labute approximate surface area is 193 Å². The van der Waals surface area contributed by atoms with Crippen LogP contribution in [0.1, 0.15) is 32.8 Å². The zero-order chi connectivity index (χ0) is 24.5. The topological polar surface area (TPSA) is 91.6 Å². The Morgan fingerprint density at radius 1 is 1.03 bits per heavy atom. The molecule has 0 saturated carbocycles. The molecule has 0 spiro atoms. The highest BCUT2D eigenvalue weighted by atomic mass is 19.3. The minimum Gasteiger partial charge on any atom is -0.478 e. The number of aryl methyl sites for hydroxylation is 1. The second-order valence-electron chi connectivity index (χ2n) is 7.86. The van der Waals surface area contributed by atoms with E-state index in [2.05, 4.69) is 5.32 Å². The lowest BCUT2D eigenvalue weighted by Gasteiger charge is -2.23. The quantitative estimate of drug-likeness (QED) is 0.558. The molecule has 9 heteroatoms. The number of nitrogens with zero attached hydrogens (tertiary/aromatic N) is 2. The Morgan fingerprint density at radius 2 is 1.74 bits per heavy atom. The summed E-state index contributed by atoms with van der Waals surface area (Å²) in [5.41, 5.74) is 0.737. The Kier molecular flexibility index (Phi) is 6.02. The van der Waals surface area contributed by atoms with Gasteiger partial charge in [-0.1, -0.05) is 18.2 Å². The van der Waals surface area contributed by atoms with E-state index in [4.69, 9.17) is 5.11 Å². The number of halogens is 2. The van der Waals surface area contributed by atoms with Crippen LogP contribution in [0.15, 0.2) is 72.9 Å². The molecule has 3 aromatic rings. The van der Waals surface area contributed by atoms with E-state index in [1.807, 2.05) is 0 Å². The van der Waals surface area contributed by atoms with E-state index >= 15 is 0 Å². The summed E-state index contributed by atoms with van der Waals surface area (Å²) in [4.78, 5) is 38.1. The van der Waals surface area contributed by atoms with Crippen LogP contribution in [0.25, 0.3) is 5.57 Å². The lowest BCUT2D eigenvalue weighted by Crippen LogP contribution is -2.33. The van der Waals surface area contributed by atoms with Gasteiger partial charge < -0.3 is 19.9 Å². The van der Waals surface area contributed by atoms with E-state index in [1.165, 1.54) is 35.2 Å². The zero-order valence-electron chi connectivity index (χ0n) is 18.2. The molecule has 1 aromatic heterocycles. The average Bonchev–Trinajstić information content (AvgIpc) is 3.20. The summed E-state index contributed by atoms with van der Waals surface area (Å²) in [6, 6.07) is 15.6. The van der Waals surface area contributed by atoms with Crippen molar-refractivity contribution in [2.24, 2.45) is 7.05 Å². The number of carbonyl (C=O) groups excluding carboxylic acids is 2. The third kappa shape index (κ3) is 4.45. The molecule has 0 aliphatic carbocycles. The first-order valence-electron chi connectivity index (χ1n) is 10.4. The number of amides is 2. The first-order valence-corrected chi connectivity index (χ1v) is 10.4. The smallest absolute Gasteiger partial charge is 0.328 e. The maximum Gasteiger partial charge on any atom is 0.328 e. The second kappa shape index (κ2) is 8.93. The van der Waals surface area contributed by atoms with Crippen LogP contribution in [0.5, 0.6) is 0 Å². The lowest BCUT2D eigenvalue weighted by molar-refractivity contribution is -0.131. The molecule has 0 atom stereocenters. The number of aromatic nitrogens is 1. The van der Waals surface area contributed by atoms with E-state index in [1.54, 1.807) is 48.1 Å². The number of carbonyl (C=O) groups is 3. The number of benzene rings is 2. The third-order valence-corrected chi connectivity index (χ3v) is 5.61. The van der Waals surface area contributed by atoms with E-state index in [9.17, 15) is 23.2 Å². The number of hydrogen-bond acceptors (Lipinski definition) is 3. The molecule has 1 aliphatic heterocycles. The van der Waals surface area contributed by atoms with Gasteiger partial charge in [0.2, 0.25) is 0 Å². The third-order valence-electron chi connectivity index (χ3n) is 5.61. The highest BCUT2D eigenvalue weighted by Gasteiger charge is 2.41. The molecule has 0 unspecified atom stereocenters. The minimum atomic E-state index is -3.42. The maximum absolute atomic E-state index is 14.8. The molecule has 4 rings (SSSR count). The van der Waals surface area contributed by atoms with Crippen molar-refractivity contribution >= 4 is 34.7 Å². The van der Waals surface area contributed by atoms with Gasteiger partial charge in [-0.2, -0.15) is 0 Å². The lowest BCUT2D eigenvalue weighted by atomic mass is 9.97. The van der Waals surface area contributed by atoms with Gasteiger partial charge in [-0.15, -0.1) is 0 Å². The predicted molar refractivity (Wildman–Crippen MR) is 123 cm³/mol. The molecule has 2 heterocycles. The fourth-order valence-corrected chi connectivity index (χ4v) is 3.90. The molecule has 0 fully saturated rings. The molecule has 2 amide bonds. The van der Waals surface area contributed by atoms with E-state index in [0.29, 0.717) is 17.5 Å². The van der Waals surface area contributed by atoms with Gasteiger partial charge in [-0.25, -0.2) is 13.6 Å². The number of anilines is 2. The second-order valence-corrected chi connectivity index (χ2v) is 7.86. The molecule has 0 bridgehead atoms. The fourth-order valence-electron chi connectivity index (χ4n) is 3.90. The maximum atomic E-state index is 14.8. The number of rotatable bonds is 4. The molecular weight excluding hydrogens is 444 g/mol. The van der Waals surface area contributed by atoms with Gasteiger partial charge in [0.25, 0.3) is 17.7 Å². The number of nitrogens with one attached hydrogen (secondary N) is 1. The van der Waals surface area contributed by atoms with E-state index < -0.39 is 29.8 Å². The van der Waals surface area contributed by atoms with Gasteiger partial charge in [-0.3, -0.25) is 9.59 Å². The highest BCUT2D eigenvalue weighted by Crippen LogP contribution is 2.43. The van der Waals surface area contributed by atoms with Crippen LogP contribution >= 0.6 is 0 Å². The molecular formula is C25H21F2N3O4. The van der Waals surface area contributed by atoms with Crippen molar-refractivity contribution in [2.75, 3.05) is 16.8 Å².